The molecule has 5 atom stereocenters. The van der Waals surface area contributed by atoms with Gasteiger partial charge in [-0.1, -0.05) is 13.8 Å². The van der Waals surface area contributed by atoms with E-state index in [2.05, 4.69) is 35.1 Å². The van der Waals surface area contributed by atoms with Crippen LogP contribution in [0.2, 0.25) is 0 Å². The summed E-state index contributed by atoms with van der Waals surface area (Å²) in [6, 6.07) is 12.0. The number of morpholine rings is 1. The standard InChI is InChI=1S/C16H20FN3O4.C10H24N2O2.C6H9N3O3.C6H7N3O.C4H4O.C3H7O4P/c1-11(21)18-9-13-10-20(16(22)24-13)12-2-3-15(14(17)8-12)19-4-6-23-7-5-19;1-3-9(7-13)11-5-6-12-10(4-2)8-14;1-5-7-4-6(9(11)12)8(5)2-3-10;7-9-6(10)5-1-3-8-4-2-5;1-2-4-5-3-1;1-2-3(7-2)8(4,5)6/h2-3,8,13H,4-7,9-10H2,1H3,(H,18,21);9-14H,3-8H2,1-2H3;4,10H,2-3H2,1H3;1-4H,7H2,(H,9,10);1-4H;2-3H,1H3,(H2,4,5,6)/t13-;9-,10-;;;;2-,3+/m00...0/s1. The fourth-order valence-electron chi connectivity index (χ4n) is 6.37. The van der Waals surface area contributed by atoms with Gasteiger partial charge in [0.05, 0.1) is 76.1 Å². The number of nitrogen functional groups attached to an aromatic ring is 1. The highest BCUT2D eigenvalue weighted by Crippen LogP contribution is 2.52. The van der Waals surface area contributed by atoms with E-state index >= 15 is 0 Å². The van der Waals surface area contributed by atoms with Crippen molar-refractivity contribution in [3.05, 3.63) is 101 Å². The van der Waals surface area contributed by atoms with E-state index < -0.39 is 30.6 Å². The number of hydrogen-bond donors (Lipinski definition) is 10. The van der Waals surface area contributed by atoms with E-state index in [9.17, 15) is 33.5 Å². The van der Waals surface area contributed by atoms with Gasteiger partial charge in [0.25, 0.3) is 5.91 Å². The van der Waals surface area contributed by atoms with Crippen molar-refractivity contribution in [3.8, 4) is 0 Å². The van der Waals surface area contributed by atoms with Crippen molar-refractivity contribution in [2.24, 2.45) is 5.84 Å². The molecule has 0 spiro atoms. The van der Waals surface area contributed by atoms with Gasteiger partial charge in [0.1, 0.15) is 24.7 Å². The van der Waals surface area contributed by atoms with E-state index in [0.29, 0.717) is 49.1 Å². The number of hydrogen-bond acceptors (Lipinski definition) is 19. The van der Waals surface area contributed by atoms with E-state index in [-0.39, 0.29) is 81.1 Å². The van der Waals surface area contributed by atoms with Crippen LogP contribution in [0.5, 0.6) is 0 Å². The minimum absolute atomic E-state index is 0.0819. The number of nitrogens with zero attached hydrogens (tertiary/aromatic N) is 6. The summed E-state index contributed by atoms with van der Waals surface area (Å²) in [6.45, 7) is 13.8. The molecule has 26 nitrogen and oxygen atoms in total. The van der Waals surface area contributed by atoms with Crippen LogP contribution in [0.25, 0.3) is 0 Å². The monoisotopic (exact) mass is 1060 g/mol. The highest BCUT2D eigenvalue weighted by molar-refractivity contribution is 7.52. The molecule has 0 aliphatic carbocycles. The molecule has 73 heavy (non-hydrogen) atoms. The van der Waals surface area contributed by atoms with E-state index in [1.807, 2.05) is 36.3 Å². The highest BCUT2D eigenvalue weighted by Gasteiger charge is 2.48. The molecule has 3 aliphatic heterocycles. The summed E-state index contributed by atoms with van der Waals surface area (Å²) in [6.07, 6.45) is 8.14. The van der Waals surface area contributed by atoms with Crippen molar-refractivity contribution in [1.82, 2.24) is 35.9 Å². The summed E-state index contributed by atoms with van der Waals surface area (Å²) in [5.74, 6) is 3.65. The zero-order chi connectivity index (χ0) is 54.3. The van der Waals surface area contributed by atoms with Crippen LogP contribution in [0.4, 0.5) is 26.4 Å². The molecule has 0 radical (unpaired) electrons. The molecule has 4 aromatic rings. The fourth-order valence-corrected chi connectivity index (χ4v) is 7.27. The number of aryl methyl sites for hydroxylation is 1. The topological polar surface area (TPSA) is 368 Å². The van der Waals surface area contributed by atoms with Crippen molar-refractivity contribution in [3.63, 3.8) is 0 Å². The smallest absolute Gasteiger partial charge is 0.414 e. The summed E-state index contributed by atoms with van der Waals surface area (Å²) in [4.78, 5) is 70.9. The normalized spacial score (nSPS) is 17.4. The average molecular weight is 1060 g/mol. The highest BCUT2D eigenvalue weighted by atomic mass is 31.2. The van der Waals surface area contributed by atoms with Crippen LogP contribution in [-0.4, -0.2) is 165 Å². The number of ether oxygens (including phenoxy) is 3. The number of carbonyl (C=O) groups excluding carboxylic acids is 3. The number of carbonyl (C=O) groups is 3. The molecule has 3 amide bonds. The van der Waals surface area contributed by atoms with Crippen LogP contribution in [0.3, 0.4) is 0 Å². The van der Waals surface area contributed by atoms with Gasteiger partial charge in [-0.3, -0.25) is 29.5 Å². The molecule has 3 saturated heterocycles. The molecular formula is C45H71FN11O15P. The van der Waals surface area contributed by atoms with Gasteiger partial charge in [-0.05, 0) is 67.2 Å². The number of pyridine rings is 1. The maximum absolute atomic E-state index is 14.4. The Hall–Kier alpha value is -5.97. The molecule has 0 bridgehead atoms. The van der Waals surface area contributed by atoms with E-state index in [1.54, 1.807) is 50.6 Å². The number of aliphatic hydroxyl groups is 3. The Morgan fingerprint density at radius 3 is 2.03 bits per heavy atom. The first-order chi connectivity index (χ1) is 34.8. The van der Waals surface area contributed by atoms with Crippen LogP contribution in [-0.2, 0) is 30.1 Å². The second-order valence-electron chi connectivity index (χ2n) is 15.9. The number of imidazole rings is 1. The number of amides is 3. The summed E-state index contributed by atoms with van der Waals surface area (Å²) < 4.78 is 45.5. The quantitative estimate of drug-likeness (QED) is 0.0129. The van der Waals surface area contributed by atoms with Gasteiger partial charge in [-0.2, -0.15) is 0 Å². The molecule has 3 aromatic heterocycles. The zero-order valence-corrected chi connectivity index (χ0v) is 42.5. The Balaban J connectivity index is 0.000000321. The Morgan fingerprint density at radius 2 is 1.60 bits per heavy atom. The lowest BCUT2D eigenvalue weighted by molar-refractivity contribution is -0.392. The number of aromatic nitrogens is 3. The third kappa shape index (κ3) is 24.1. The number of nitrogens with two attached hydrogens (primary N) is 1. The maximum Gasteiger partial charge on any atom is 0.414 e. The minimum atomic E-state index is -3.90. The molecular weight excluding hydrogens is 985 g/mol. The van der Waals surface area contributed by atoms with Gasteiger partial charge in [0.15, 0.2) is 11.7 Å². The summed E-state index contributed by atoms with van der Waals surface area (Å²) in [5, 5.41) is 45.8. The summed E-state index contributed by atoms with van der Waals surface area (Å²) in [5.41, 5.74) is 3.47. The number of anilines is 2. The third-order valence-corrected chi connectivity index (χ3v) is 11.7. The van der Waals surface area contributed by atoms with Gasteiger partial charge in [-0.25, -0.2) is 24.6 Å². The largest absolute Gasteiger partial charge is 0.473 e. The van der Waals surface area contributed by atoms with Gasteiger partial charge >= 0.3 is 19.5 Å². The average Bonchev–Trinajstić information content (AvgIpc) is 3.72. The van der Waals surface area contributed by atoms with E-state index in [4.69, 9.17) is 40.4 Å². The third-order valence-electron chi connectivity index (χ3n) is 10.5. The van der Waals surface area contributed by atoms with Crippen molar-refractivity contribution in [2.75, 3.05) is 82.1 Å². The van der Waals surface area contributed by atoms with Crippen LogP contribution in [0.15, 0.2) is 78.0 Å². The first-order valence-electron chi connectivity index (χ1n) is 23.2. The molecule has 1 aromatic carbocycles. The summed E-state index contributed by atoms with van der Waals surface area (Å²) in [7, 11) is -3.90. The van der Waals surface area contributed by atoms with Gasteiger partial charge in [0.2, 0.25) is 5.91 Å². The number of rotatable bonds is 18. The molecule has 0 saturated carbocycles. The van der Waals surface area contributed by atoms with Gasteiger partial charge in [-0.15, -0.1) is 0 Å². The molecule has 408 valence electrons. The maximum atomic E-state index is 14.4. The number of cyclic esters (lactones) is 1. The molecule has 11 N–H and O–H groups in total. The lowest BCUT2D eigenvalue weighted by atomic mass is 10.2. The molecule has 7 rings (SSSR count). The zero-order valence-electron chi connectivity index (χ0n) is 41.6. The Bertz CT molecular complexity index is 2200. The number of nitrogens with one attached hydrogen (secondary N) is 4. The first-order valence-corrected chi connectivity index (χ1v) is 24.9. The van der Waals surface area contributed by atoms with Crippen LogP contribution in [0, 0.1) is 22.9 Å². The van der Waals surface area contributed by atoms with Crippen molar-refractivity contribution >= 4 is 42.7 Å². The minimum Gasteiger partial charge on any atom is -0.473 e. The van der Waals surface area contributed by atoms with Gasteiger partial charge < -0.3 is 74.7 Å². The number of aliphatic hydroxyl groups excluding tert-OH is 3. The number of nitro groups is 1. The predicted octanol–water partition coefficient (Wildman–Crippen LogP) is 1.80. The number of furan rings is 1. The SMILES string of the molecule is CC(=O)NC[C@H]1CN(c2ccc(N3CCOCC3)c(F)c2)C(=O)O1.CC[C@@H](CO)NCCN[C@@H](CC)CO.C[C@@H]1O[C@@H]1P(=O)(O)O.Cc1ncc([N+](=O)[O-])n1CCO.NNC(=O)c1ccncc1.c1ccoc1. The fraction of sp³-hybridized carbons (Fsp3) is 0.533. The second-order valence-corrected chi connectivity index (χ2v) is 17.6. The first kappa shape index (κ1) is 63.1. The van der Waals surface area contributed by atoms with Crippen LogP contribution in [0.1, 0.15) is 56.7 Å². The van der Waals surface area contributed by atoms with Gasteiger partial charge in [0, 0.05) is 70.1 Å². The van der Waals surface area contributed by atoms with E-state index in [0.717, 1.165) is 25.9 Å². The van der Waals surface area contributed by atoms with E-state index in [1.165, 1.54) is 41.0 Å². The number of halogens is 1. The number of epoxide rings is 1. The number of hydrazine groups is 1. The number of benzene rings is 1. The molecule has 6 heterocycles. The molecule has 28 heteroatoms. The second kappa shape index (κ2) is 34.5. The molecule has 0 unspecified atom stereocenters. The van der Waals surface area contributed by atoms with Crippen LogP contribution < -0.4 is 37.0 Å². The summed E-state index contributed by atoms with van der Waals surface area (Å²) >= 11 is 0. The Morgan fingerprint density at radius 1 is 1.01 bits per heavy atom. The van der Waals surface area contributed by atoms with Crippen molar-refractivity contribution in [2.45, 2.75) is 84.1 Å². The lowest BCUT2D eigenvalue weighted by Crippen LogP contribution is -2.40. The molecule has 3 fully saturated rings. The predicted molar refractivity (Wildman–Crippen MR) is 266 cm³/mol. The Labute approximate surface area is 422 Å². The van der Waals surface area contributed by atoms with Crippen LogP contribution >= 0.6 is 7.60 Å². The van der Waals surface area contributed by atoms with Crippen molar-refractivity contribution in [1.29, 1.82) is 0 Å². The van der Waals surface area contributed by atoms with Crippen molar-refractivity contribution < 1.29 is 72.0 Å². The molecule has 3 aliphatic rings. The Kier molecular flexibility index (Phi) is 29.8. The lowest BCUT2D eigenvalue weighted by Gasteiger charge is -2.29.